The molecule has 0 bridgehead atoms. The monoisotopic (exact) mass is 451 g/mol. The maximum atomic E-state index is 11.2. The molecule has 5 aromatic rings. The highest BCUT2D eigenvalue weighted by atomic mass is 16.1. The van der Waals surface area contributed by atoms with Gasteiger partial charge in [0, 0.05) is 24.0 Å². The van der Waals surface area contributed by atoms with E-state index in [4.69, 9.17) is 0 Å². The van der Waals surface area contributed by atoms with Crippen molar-refractivity contribution in [3.8, 4) is 11.1 Å². The lowest BCUT2D eigenvalue weighted by Crippen LogP contribution is -2.37. The summed E-state index contributed by atoms with van der Waals surface area (Å²) in [6, 6.07) is 44.9. The van der Waals surface area contributed by atoms with Crippen molar-refractivity contribution in [2.45, 2.75) is 5.41 Å². The smallest absolute Gasteiger partial charge is 0.150 e. The zero-order chi connectivity index (χ0) is 23.8. The highest BCUT2D eigenvalue weighted by molar-refractivity contribution is 5.85. The van der Waals surface area contributed by atoms with Crippen LogP contribution in [0.15, 0.2) is 127 Å². The molecule has 1 heterocycles. The Kier molecular flexibility index (Phi) is 5.08. The number of hydrogen-bond donors (Lipinski definition) is 0. The van der Waals surface area contributed by atoms with Crippen molar-refractivity contribution in [1.82, 2.24) is 0 Å². The Morgan fingerprint density at radius 2 is 1.11 bits per heavy atom. The minimum atomic E-state index is -0.473. The molecular formula is C33H25NO. The third kappa shape index (κ3) is 3.22. The Morgan fingerprint density at radius 1 is 0.571 bits per heavy atom. The van der Waals surface area contributed by atoms with E-state index in [1.165, 1.54) is 33.6 Å². The summed E-state index contributed by atoms with van der Waals surface area (Å²) in [4.78, 5) is 13.5. The number of carbonyl (C=O) groups excluding carboxylic acids is 1. The van der Waals surface area contributed by atoms with Crippen molar-refractivity contribution in [1.29, 1.82) is 0 Å². The van der Waals surface area contributed by atoms with Crippen LogP contribution in [0.5, 0.6) is 0 Å². The van der Waals surface area contributed by atoms with Crippen molar-refractivity contribution >= 4 is 17.7 Å². The van der Waals surface area contributed by atoms with Gasteiger partial charge < -0.3 is 4.90 Å². The molecule has 5 aromatic carbocycles. The molecule has 35 heavy (non-hydrogen) atoms. The predicted molar refractivity (Wildman–Crippen MR) is 144 cm³/mol. The molecule has 0 fully saturated rings. The van der Waals surface area contributed by atoms with Gasteiger partial charge in [0.2, 0.25) is 0 Å². The SMILES string of the molecule is CN1c2ccccc2C(c2ccccc2)(c2ccccc2)c2cc(-c3ccc(C=O)cc3)ccc21. The van der Waals surface area contributed by atoms with Gasteiger partial charge in [-0.15, -0.1) is 0 Å². The third-order valence-electron chi connectivity index (χ3n) is 7.23. The first-order chi connectivity index (χ1) is 17.2. The van der Waals surface area contributed by atoms with Crippen LogP contribution in [-0.2, 0) is 5.41 Å². The van der Waals surface area contributed by atoms with Crippen LogP contribution in [0.2, 0.25) is 0 Å². The second-order valence-electron chi connectivity index (χ2n) is 9.03. The highest BCUT2D eigenvalue weighted by Gasteiger charge is 2.45. The number of nitrogens with zero attached hydrogens (tertiary/aromatic N) is 1. The second-order valence-corrected chi connectivity index (χ2v) is 9.03. The molecule has 0 unspecified atom stereocenters. The fourth-order valence-electron chi connectivity index (χ4n) is 5.59. The number of benzene rings is 5. The first-order valence-electron chi connectivity index (χ1n) is 11.9. The fraction of sp³-hybridized carbons (Fsp3) is 0.0606. The Morgan fingerprint density at radius 3 is 1.74 bits per heavy atom. The molecule has 6 rings (SSSR count). The fourth-order valence-corrected chi connectivity index (χ4v) is 5.59. The van der Waals surface area contributed by atoms with Gasteiger partial charge in [-0.3, -0.25) is 4.79 Å². The van der Waals surface area contributed by atoms with Crippen LogP contribution in [0.1, 0.15) is 32.6 Å². The highest BCUT2D eigenvalue weighted by Crippen LogP contribution is 2.55. The van der Waals surface area contributed by atoms with Gasteiger partial charge in [0.1, 0.15) is 6.29 Å². The summed E-state index contributed by atoms with van der Waals surface area (Å²) in [5.74, 6) is 0. The predicted octanol–water partition coefficient (Wildman–Crippen LogP) is 7.63. The van der Waals surface area contributed by atoms with E-state index in [1.54, 1.807) is 0 Å². The summed E-state index contributed by atoms with van der Waals surface area (Å²) in [5.41, 5.74) is 9.81. The largest absolute Gasteiger partial charge is 0.344 e. The van der Waals surface area contributed by atoms with Gasteiger partial charge in [-0.25, -0.2) is 0 Å². The summed E-state index contributed by atoms with van der Waals surface area (Å²) in [6.45, 7) is 0. The van der Waals surface area contributed by atoms with E-state index in [2.05, 4.69) is 115 Å². The molecule has 0 N–H and O–H groups in total. The number of anilines is 2. The molecule has 2 nitrogen and oxygen atoms in total. The number of rotatable bonds is 4. The Balaban J connectivity index is 1.72. The van der Waals surface area contributed by atoms with Crippen molar-refractivity contribution in [2.24, 2.45) is 0 Å². The minimum Gasteiger partial charge on any atom is -0.344 e. The zero-order valence-corrected chi connectivity index (χ0v) is 19.6. The van der Waals surface area contributed by atoms with Crippen LogP contribution >= 0.6 is 0 Å². The molecule has 168 valence electrons. The van der Waals surface area contributed by atoms with Gasteiger partial charge in [-0.05, 0) is 51.6 Å². The van der Waals surface area contributed by atoms with Crippen molar-refractivity contribution in [2.75, 3.05) is 11.9 Å². The number of fused-ring (bicyclic) bond motifs is 2. The molecule has 0 spiro atoms. The molecule has 0 aromatic heterocycles. The third-order valence-corrected chi connectivity index (χ3v) is 7.23. The maximum absolute atomic E-state index is 11.2. The standard InChI is InChI=1S/C33H25NO/c1-34-31-15-9-8-14-29(31)33(27-10-4-2-5-11-27,28-12-6-3-7-13-28)30-22-26(20-21-32(30)34)25-18-16-24(23-35)17-19-25/h2-23H,1H3. The molecular weight excluding hydrogens is 426 g/mol. The summed E-state index contributed by atoms with van der Waals surface area (Å²) < 4.78 is 0. The van der Waals surface area contributed by atoms with E-state index < -0.39 is 5.41 Å². The molecule has 0 radical (unpaired) electrons. The van der Waals surface area contributed by atoms with E-state index in [-0.39, 0.29) is 0 Å². The molecule has 0 aliphatic carbocycles. The van der Waals surface area contributed by atoms with Gasteiger partial charge in [0.05, 0.1) is 5.41 Å². The van der Waals surface area contributed by atoms with E-state index in [0.29, 0.717) is 5.56 Å². The van der Waals surface area contributed by atoms with Crippen molar-refractivity contribution in [3.05, 3.63) is 155 Å². The zero-order valence-electron chi connectivity index (χ0n) is 19.6. The molecule has 1 aliphatic heterocycles. The van der Waals surface area contributed by atoms with Crippen molar-refractivity contribution in [3.63, 3.8) is 0 Å². The number of hydrogen-bond acceptors (Lipinski definition) is 2. The van der Waals surface area contributed by atoms with Gasteiger partial charge in [-0.1, -0.05) is 109 Å². The van der Waals surface area contributed by atoms with Crippen LogP contribution in [0.3, 0.4) is 0 Å². The molecule has 1 aliphatic rings. The van der Waals surface area contributed by atoms with Crippen LogP contribution < -0.4 is 4.90 Å². The summed E-state index contributed by atoms with van der Waals surface area (Å²) in [7, 11) is 2.15. The van der Waals surface area contributed by atoms with Gasteiger partial charge in [-0.2, -0.15) is 0 Å². The normalized spacial score (nSPS) is 13.6. The molecule has 0 atom stereocenters. The topological polar surface area (TPSA) is 20.3 Å². The lowest BCUT2D eigenvalue weighted by Gasteiger charge is -2.45. The van der Waals surface area contributed by atoms with Crippen molar-refractivity contribution < 1.29 is 4.79 Å². The number of aldehydes is 1. The van der Waals surface area contributed by atoms with E-state index in [1.807, 2.05) is 24.3 Å². The average Bonchev–Trinajstić information content (AvgIpc) is 2.94. The lowest BCUT2D eigenvalue weighted by molar-refractivity contribution is 0.112. The van der Waals surface area contributed by atoms with Crippen LogP contribution in [0.4, 0.5) is 11.4 Å². The van der Waals surface area contributed by atoms with Gasteiger partial charge in [0.25, 0.3) is 0 Å². The molecule has 0 saturated heterocycles. The quantitative estimate of drug-likeness (QED) is 0.262. The maximum Gasteiger partial charge on any atom is 0.150 e. The van der Waals surface area contributed by atoms with Crippen LogP contribution in [0.25, 0.3) is 11.1 Å². The minimum absolute atomic E-state index is 0.473. The van der Waals surface area contributed by atoms with Gasteiger partial charge >= 0.3 is 0 Å². The first-order valence-corrected chi connectivity index (χ1v) is 11.9. The Bertz CT molecular complexity index is 1470. The molecule has 0 saturated carbocycles. The summed E-state index contributed by atoms with van der Waals surface area (Å²) >= 11 is 0. The molecule has 2 heteroatoms. The average molecular weight is 452 g/mol. The summed E-state index contributed by atoms with van der Waals surface area (Å²) in [6.07, 6.45) is 0.887. The number of carbonyl (C=O) groups is 1. The molecule has 0 amide bonds. The van der Waals surface area contributed by atoms with Crippen LogP contribution in [0, 0.1) is 0 Å². The van der Waals surface area contributed by atoms with E-state index in [9.17, 15) is 4.79 Å². The second kappa shape index (κ2) is 8.41. The van der Waals surface area contributed by atoms with E-state index in [0.717, 1.165) is 17.4 Å². The lowest BCUT2D eigenvalue weighted by atomic mass is 9.62. The van der Waals surface area contributed by atoms with Gasteiger partial charge in [0.15, 0.2) is 0 Å². The Hall–Kier alpha value is -4.43. The van der Waals surface area contributed by atoms with E-state index >= 15 is 0 Å². The summed E-state index contributed by atoms with van der Waals surface area (Å²) in [5, 5.41) is 0. The van der Waals surface area contributed by atoms with Crippen LogP contribution in [-0.4, -0.2) is 13.3 Å². The Labute approximate surface area is 206 Å². The first kappa shape index (κ1) is 21.1. The number of para-hydroxylation sites is 1.